The van der Waals surface area contributed by atoms with Gasteiger partial charge in [-0.25, -0.2) is 4.79 Å². The molecule has 0 fully saturated rings. The average molecular weight is 360 g/mol. The maximum Gasteiger partial charge on any atom is 0.331 e. The summed E-state index contributed by atoms with van der Waals surface area (Å²) in [5.74, 6) is -1.72. The molecule has 6 N–H and O–H groups in total. The minimum absolute atomic E-state index is 0.0567. The molecule has 0 saturated carbocycles. The highest BCUT2D eigenvalue weighted by Crippen LogP contribution is 2.31. The van der Waals surface area contributed by atoms with Crippen molar-refractivity contribution in [2.75, 3.05) is 20.3 Å². The van der Waals surface area contributed by atoms with Gasteiger partial charge in [-0.1, -0.05) is 0 Å². The summed E-state index contributed by atoms with van der Waals surface area (Å²) in [7, 11) is 1.24. The van der Waals surface area contributed by atoms with E-state index in [1.54, 1.807) is 0 Å². The quantitative estimate of drug-likeness (QED) is 0.281. The molecule has 0 spiro atoms. The Hall–Kier alpha value is -2.01. The first-order chi connectivity index (χ1) is 11.6. The fourth-order valence-electron chi connectivity index (χ4n) is 2.41. The summed E-state index contributed by atoms with van der Waals surface area (Å²) in [5.41, 5.74) is -2.22. The number of ketones is 1. The van der Waals surface area contributed by atoms with Crippen LogP contribution in [0.2, 0.25) is 0 Å². The van der Waals surface area contributed by atoms with Crippen molar-refractivity contribution in [3.63, 3.8) is 0 Å². The van der Waals surface area contributed by atoms with Crippen LogP contribution in [0, 0.1) is 0 Å². The molecule has 0 bridgehead atoms. The third-order valence-corrected chi connectivity index (χ3v) is 3.77. The standard InChI is InChI=1S/C15H24N2O8/c1-7(19)5-16-9-4-15(24,6-18)13(21)11(12(9)25-3)17-10(8(2)20)14(22)23/h8,10,13,16,18,20-21,24H,4-6H2,1-3H3,(H,22,23)/b17-11-/t8?,10?,13-,15+/m0/s1. The molecule has 0 heterocycles. The van der Waals surface area contributed by atoms with Gasteiger partial charge in [-0.05, 0) is 13.8 Å². The first-order valence-electron chi connectivity index (χ1n) is 7.58. The summed E-state index contributed by atoms with van der Waals surface area (Å²) in [6.07, 6.45) is -3.41. The van der Waals surface area contributed by atoms with Crippen LogP contribution in [0.5, 0.6) is 0 Å². The summed E-state index contributed by atoms with van der Waals surface area (Å²) in [5, 5.41) is 51.8. The molecule has 0 aromatic heterocycles. The number of ether oxygens (including phenoxy) is 1. The Morgan fingerprint density at radius 3 is 2.48 bits per heavy atom. The third kappa shape index (κ3) is 4.75. The molecular weight excluding hydrogens is 336 g/mol. The number of aliphatic carboxylic acids is 1. The molecule has 1 rings (SSSR count). The van der Waals surface area contributed by atoms with Crippen LogP contribution in [-0.2, 0) is 14.3 Å². The second kappa shape index (κ2) is 8.39. The number of aliphatic hydroxyl groups excluding tert-OH is 3. The average Bonchev–Trinajstić information content (AvgIpc) is 2.53. The van der Waals surface area contributed by atoms with E-state index in [0.717, 1.165) is 0 Å². The first-order valence-corrected chi connectivity index (χ1v) is 7.58. The van der Waals surface area contributed by atoms with Crippen molar-refractivity contribution < 1.29 is 39.9 Å². The zero-order valence-corrected chi connectivity index (χ0v) is 14.3. The van der Waals surface area contributed by atoms with Crippen molar-refractivity contribution in [3.05, 3.63) is 11.5 Å². The number of aliphatic hydroxyl groups is 4. The Morgan fingerprint density at radius 2 is 2.08 bits per heavy atom. The lowest BCUT2D eigenvalue weighted by molar-refractivity contribution is -0.140. The van der Waals surface area contributed by atoms with Crippen LogP contribution < -0.4 is 5.32 Å². The van der Waals surface area contributed by atoms with Gasteiger partial charge in [-0.15, -0.1) is 0 Å². The number of aliphatic imine (C=N–C) groups is 1. The lowest BCUT2D eigenvalue weighted by atomic mass is 9.82. The van der Waals surface area contributed by atoms with Crippen molar-refractivity contribution in [2.45, 2.75) is 44.1 Å². The summed E-state index contributed by atoms with van der Waals surface area (Å²) in [6.45, 7) is 1.59. The Kier molecular flexibility index (Phi) is 7.06. The normalized spacial score (nSPS) is 27.8. The Bertz CT molecular complexity index is 586. The smallest absolute Gasteiger partial charge is 0.331 e. The number of hydrogen-bond acceptors (Lipinski definition) is 9. The number of methoxy groups -OCH3 is 1. The third-order valence-electron chi connectivity index (χ3n) is 3.77. The van der Waals surface area contributed by atoms with Crippen LogP contribution in [0.4, 0.5) is 0 Å². The van der Waals surface area contributed by atoms with Crippen LogP contribution >= 0.6 is 0 Å². The summed E-state index contributed by atoms with van der Waals surface area (Å²) >= 11 is 0. The molecule has 25 heavy (non-hydrogen) atoms. The molecule has 142 valence electrons. The van der Waals surface area contributed by atoms with Crippen LogP contribution in [-0.4, -0.2) is 87.1 Å². The molecule has 0 radical (unpaired) electrons. The predicted octanol–water partition coefficient (Wildman–Crippen LogP) is -2.21. The summed E-state index contributed by atoms with van der Waals surface area (Å²) in [4.78, 5) is 26.3. The van der Waals surface area contributed by atoms with E-state index in [1.807, 2.05) is 0 Å². The van der Waals surface area contributed by atoms with Gasteiger partial charge in [0.15, 0.2) is 11.8 Å². The molecule has 0 aliphatic heterocycles. The van der Waals surface area contributed by atoms with Gasteiger partial charge in [-0.2, -0.15) is 0 Å². The van der Waals surface area contributed by atoms with Gasteiger partial charge >= 0.3 is 5.97 Å². The number of carbonyl (C=O) groups excluding carboxylic acids is 1. The van der Waals surface area contributed by atoms with E-state index in [2.05, 4.69) is 10.3 Å². The van der Waals surface area contributed by atoms with Crippen LogP contribution in [0.25, 0.3) is 0 Å². The number of nitrogens with zero attached hydrogens (tertiary/aromatic N) is 1. The number of rotatable bonds is 8. The highest BCUT2D eigenvalue weighted by atomic mass is 16.5. The fourth-order valence-corrected chi connectivity index (χ4v) is 2.41. The van der Waals surface area contributed by atoms with Crippen molar-refractivity contribution >= 4 is 17.5 Å². The number of carboxylic acids is 1. The lowest BCUT2D eigenvalue weighted by Crippen LogP contribution is -2.56. The van der Waals surface area contributed by atoms with E-state index in [4.69, 9.17) is 4.74 Å². The molecular formula is C15H24N2O8. The predicted molar refractivity (Wildman–Crippen MR) is 85.9 cm³/mol. The van der Waals surface area contributed by atoms with Crippen molar-refractivity contribution in [1.29, 1.82) is 0 Å². The first kappa shape index (κ1) is 21.0. The number of carbonyl (C=O) groups is 2. The Morgan fingerprint density at radius 1 is 1.48 bits per heavy atom. The molecule has 0 saturated heterocycles. The molecule has 4 atom stereocenters. The van der Waals surface area contributed by atoms with Crippen LogP contribution in [0.3, 0.4) is 0 Å². The minimum Gasteiger partial charge on any atom is -0.493 e. The van der Waals surface area contributed by atoms with Crippen LogP contribution in [0.15, 0.2) is 16.4 Å². The molecule has 0 aromatic carbocycles. The number of nitrogens with one attached hydrogen (secondary N) is 1. The molecule has 10 nitrogen and oxygen atoms in total. The second-order valence-corrected chi connectivity index (χ2v) is 5.95. The lowest BCUT2D eigenvalue weighted by Gasteiger charge is -2.38. The maximum atomic E-state index is 11.3. The highest BCUT2D eigenvalue weighted by molar-refractivity contribution is 6.05. The molecule has 1 aliphatic rings. The van der Waals surface area contributed by atoms with Gasteiger partial charge in [0.25, 0.3) is 0 Å². The van der Waals surface area contributed by atoms with Gasteiger partial charge in [-0.3, -0.25) is 9.79 Å². The largest absolute Gasteiger partial charge is 0.493 e. The highest BCUT2D eigenvalue weighted by Gasteiger charge is 2.46. The SMILES string of the molecule is COC1=C(NCC(C)=O)C[C@@](O)(CO)[C@@H](O)/C1=N\C(C(=O)O)C(C)O. The minimum atomic E-state index is -2.05. The monoisotopic (exact) mass is 360 g/mol. The summed E-state index contributed by atoms with van der Waals surface area (Å²) in [6, 6.07) is -1.62. The number of hydrogen-bond donors (Lipinski definition) is 6. The number of Topliss-reactive ketones (excluding diaryl/α,β-unsaturated/α-hetero) is 1. The Labute approximate surface area is 144 Å². The van der Waals surface area contributed by atoms with E-state index in [0.29, 0.717) is 0 Å². The van der Waals surface area contributed by atoms with E-state index >= 15 is 0 Å². The molecule has 10 heteroatoms. The van der Waals surface area contributed by atoms with Crippen molar-refractivity contribution in [2.24, 2.45) is 4.99 Å². The summed E-state index contributed by atoms with van der Waals surface area (Å²) < 4.78 is 5.17. The van der Waals surface area contributed by atoms with Crippen molar-refractivity contribution in [1.82, 2.24) is 5.32 Å². The van der Waals surface area contributed by atoms with E-state index < -0.39 is 36.4 Å². The van der Waals surface area contributed by atoms with Gasteiger partial charge in [0.2, 0.25) is 0 Å². The van der Waals surface area contributed by atoms with Crippen LogP contribution in [0.1, 0.15) is 20.3 Å². The zero-order valence-electron chi connectivity index (χ0n) is 14.3. The number of carboxylic acid groups (broad SMARTS) is 1. The second-order valence-electron chi connectivity index (χ2n) is 5.95. The topological polar surface area (TPSA) is 169 Å². The zero-order chi connectivity index (χ0) is 19.4. The Balaban J connectivity index is 3.47. The van der Waals surface area contributed by atoms with Gasteiger partial charge < -0.3 is 35.6 Å². The molecule has 1 aliphatic carbocycles. The van der Waals surface area contributed by atoms with Gasteiger partial charge in [0.05, 0.1) is 32.1 Å². The van der Waals surface area contributed by atoms with Crippen molar-refractivity contribution in [3.8, 4) is 0 Å². The molecule has 2 unspecified atom stereocenters. The van der Waals surface area contributed by atoms with E-state index in [1.165, 1.54) is 21.0 Å². The van der Waals surface area contributed by atoms with E-state index in [9.17, 15) is 35.1 Å². The molecule has 0 amide bonds. The molecule has 0 aromatic rings. The maximum absolute atomic E-state index is 11.3. The van der Waals surface area contributed by atoms with Gasteiger partial charge in [0, 0.05) is 6.42 Å². The van der Waals surface area contributed by atoms with Gasteiger partial charge in [0.1, 0.15) is 23.2 Å². The fraction of sp³-hybridized carbons (Fsp3) is 0.667. The van der Waals surface area contributed by atoms with E-state index in [-0.39, 0.29) is 35.9 Å².